The molecular weight excluding hydrogens is 212 g/mol. The Balaban J connectivity index is 1.87. The molecule has 1 aliphatic heterocycles. The van der Waals surface area contributed by atoms with Crippen molar-refractivity contribution in [3.05, 3.63) is 24.3 Å². The largest absolute Gasteiger partial charge is 0.493 e. The highest BCUT2D eigenvalue weighted by Crippen LogP contribution is 2.21. The number of piperidine rings is 1. The van der Waals surface area contributed by atoms with Crippen LogP contribution in [0.25, 0.3) is 0 Å². The van der Waals surface area contributed by atoms with Crippen molar-refractivity contribution < 1.29 is 4.74 Å². The fraction of sp³-hybridized carbons (Fsp3) is 0.571. The third-order valence-electron chi connectivity index (χ3n) is 3.28. The summed E-state index contributed by atoms with van der Waals surface area (Å²) < 4.78 is 5.88. The Morgan fingerprint density at radius 2 is 2.06 bits per heavy atom. The maximum atomic E-state index is 5.88. The molecule has 17 heavy (non-hydrogen) atoms. The van der Waals surface area contributed by atoms with Crippen LogP contribution in [0, 0.1) is 5.92 Å². The fourth-order valence-electron chi connectivity index (χ4n) is 2.11. The van der Waals surface area contributed by atoms with Gasteiger partial charge < -0.3 is 15.0 Å². The highest BCUT2D eigenvalue weighted by Gasteiger charge is 2.13. The molecule has 1 N–H and O–H groups in total. The zero-order valence-corrected chi connectivity index (χ0v) is 10.8. The van der Waals surface area contributed by atoms with Crippen molar-refractivity contribution in [1.29, 1.82) is 0 Å². The zero-order chi connectivity index (χ0) is 12.1. The van der Waals surface area contributed by atoms with Gasteiger partial charge in [-0.05, 0) is 44.0 Å². The van der Waals surface area contributed by atoms with E-state index in [2.05, 4.69) is 22.3 Å². The quantitative estimate of drug-likeness (QED) is 0.863. The van der Waals surface area contributed by atoms with Gasteiger partial charge in [-0.15, -0.1) is 0 Å². The summed E-state index contributed by atoms with van der Waals surface area (Å²) in [6, 6.07) is 8.28. The fourth-order valence-corrected chi connectivity index (χ4v) is 2.11. The Labute approximate surface area is 104 Å². The third kappa shape index (κ3) is 3.63. The van der Waals surface area contributed by atoms with Crippen LogP contribution >= 0.6 is 0 Å². The van der Waals surface area contributed by atoms with Crippen LogP contribution < -0.4 is 15.0 Å². The zero-order valence-electron chi connectivity index (χ0n) is 10.8. The number of benzene rings is 1. The lowest BCUT2D eigenvalue weighted by Crippen LogP contribution is -2.30. The summed E-state index contributed by atoms with van der Waals surface area (Å²) in [4.78, 5) is 2.09. The third-order valence-corrected chi connectivity index (χ3v) is 3.28. The molecular formula is C14H22N2O. The molecule has 0 bridgehead atoms. The summed E-state index contributed by atoms with van der Waals surface area (Å²) >= 11 is 0. The van der Waals surface area contributed by atoms with E-state index in [0.29, 0.717) is 5.92 Å². The minimum atomic E-state index is 0.708. The first kappa shape index (κ1) is 12.2. The molecule has 0 aliphatic carbocycles. The highest BCUT2D eigenvalue weighted by atomic mass is 16.5. The van der Waals surface area contributed by atoms with E-state index in [1.54, 1.807) is 0 Å². The standard InChI is InChI=1S/C14H22N2O/c1-16(2)13-4-3-5-14(10-13)17-11-12-6-8-15-9-7-12/h3-5,10,12,15H,6-9,11H2,1-2H3. The number of hydrogen-bond acceptors (Lipinski definition) is 3. The molecule has 0 radical (unpaired) electrons. The molecule has 3 heteroatoms. The summed E-state index contributed by atoms with van der Waals surface area (Å²) in [7, 11) is 4.10. The lowest BCUT2D eigenvalue weighted by atomic mass is 9.99. The maximum absolute atomic E-state index is 5.88. The minimum Gasteiger partial charge on any atom is -0.493 e. The van der Waals surface area contributed by atoms with Gasteiger partial charge in [-0.3, -0.25) is 0 Å². The monoisotopic (exact) mass is 234 g/mol. The Morgan fingerprint density at radius 1 is 1.29 bits per heavy atom. The van der Waals surface area contributed by atoms with Crippen LogP contribution in [-0.4, -0.2) is 33.8 Å². The molecule has 1 aliphatic rings. The van der Waals surface area contributed by atoms with Crippen molar-refractivity contribution in [2.24, 2.45) is 5.92 Å². The van der Waals surface area contributed by atoms with Crippen molar-refractivity contribution in [3.63, 3.8) is 0 Å². The second kappa shape index (κ2) is 5.92. The molecule has 0 spiro atoms. The molecule has 1 heterocycles. The molecule has 0 atom stereocenters. The van der Waals surface area contributed by atoms with Crippen molar-refractivity contribution in [1.82, 2.24) is 5.32 Å². The summed E-state index contributed by atoms with van der Waals surface area (Å²) in [5.41, 5.74) is 1.19. The van der Waals surface area contributed by atoms with Crippen LogP contribution in [-0.2, 0) is 0 Å². The lowest BCUT2D eigenvalue weighted by molar-refractivity contribution is 0.215. The molecule has 1 aromatic rings. The Kier molecular flexibility index (Phi) is 4.26. The molecule has 1 saturated heterocycles. The SMILES string of the molecule is CN(C)c1cccc(OCC2CCNCC2)c1. The van der Waals surface area contributed by atoms with Gasteiger partial charge in [0.1, 0.15) is 5.75 Å². The van der Waals surface area contributed by atoms with Crippen LogP contribution in [0.1, 0.15) is 12.8 Å². The van der Waals surface area contributed by atoms with Gasteiger partial charge in [-0.25, -0.2) is 0 Å². The smallest absolute Gasteiger partial charge is 0.121 e. The van der Waals surface area contributed by atoms with E-state index in [1.807, 2.05) is 26.2 Å². The normalized spacial score (nSPS) is 16.8. The number of nitrogens with one attached hydrogen (secondary N) is 1. The average Bonchev–Trinajstić information content (AvgIpc) is 2.38. The number of ether oxygens (including phenoxy) is 1. The molecule has 0 saturated carbocycles. The predicted octanol–water partition coefficient (Wildman–Crippen LogP) is 2.13. The van der Waals surface area contributed by atoms with Gasteiger partial charge in [-0.1, -0.05) is 6.07 Å². The van der Waals surface area contributed by atoms with Crippen LogP contribution in [0.5, 0.6) is 5.75 Å². The van der Waals surface area contributed by atoms with Crippen LogP contribution in [0.15, 0.2) is 24.3 Å². The first-order valence-corrected chi connectivity index (χ1v) is 6.36. The Hall–Kier alpha value is -1.22. The van der Waals surface area contributed by atoms with Crippen LogP contribution in [0.2, 0.25) is 0 Å². The van der Waals surface area contributed by atoms with Gasteiger partial charge in [-0.2, -0.15) is 0 Å². The van der Waals surface area contributed by atoms with Gasteiger partial charge in [0.2, 0.25) is 0 Å². The van der Waals surface area contributed by atoms with Crippen molar-refractivity contribution in [3.8, 4) is 5.75 Å². The van der Waals surface area contributed by atoms with Crippen molar-refractivity contribution in [2.45, 2.75) is 12.8 Å². The first-order valence-electron chi connectivity index (χ1n) is 6.36. The molecule has 3 nitrogen and oxygen atoms in total. The summed E-state index contributed by atoms with van der Waals surface area (Å²) in [5, 5.41) is 3.37. The highest BCUT2D eigenvalue weighted by molar-refractivity contribution is 5.49. The number of rotatable bonds is 4. The molecule has 1 aromatic carbocycles. The van der Waals surface area contributed by atoms with E-state index in [4.69, 9.17) is 4.74 Å². The number of hydrogen-bond donors (Lipinski definition) is 1. The van der Waals surface area contributed by atoms with E-state index < -0.39 is 0 Å². The summed E-state index contributed by atoms with van der Waals surface area (Å²) in [5.74, 6) is 1.69. The minimum absolute atomic E-state index is 0.708. The summed E-state index contributed by atoms with van der Waals surface area (Å²) in [6.45, 7) is 3.11. The molecule has 0 aromatic heterocycles. The molecule has 1 fully saturated rings. The Morgan fingerprint density at radius 3 is 2.76 bits per heavy atom. The van der Waals surface area contributed by atoms with Crippen LogP contribution in [0.4, 0.5) is 5.69 Å². The molecule has 94 valence electrons. The molecule has 0 amide bonds. The van der Waals surface area contributed by atoms with E-state index in [-0.39, 0.29) is 0 Å². The predicted molar refractivity (Wildman–Crippen MR) is 71.9 cm³/mol. The lowest BCUT2D eigenvalue weighted by Gasteiger charge is -2.23. The molecule has 2 rings (SSSR count). The van der Waals surface area contributed by atoms with Gasteiger partial charge in [0.05, 0.1) is 6.61 Å². The number of nitrogens with zero attached hydrogens (tertiary/aromatic N) is 1. The van der Waals surface area contributed by atoms with Crippen LogP contribution in [0.3, 0.4) is 0 Å². The van der Waals surface area contributed by atoms with E-state index >= 15 is 0 Å². The van der Waals surface area contributed by atoms with Crippen molar-refractivity contribution >= 4 is 5.69 Å². The van der Waals surface area contributed by atoms with Gasteiger partial charge in [0, 0.05) is 25.8 Å². The summed E-state index contributed by atoms with van der Waals surface area (Å²) in [6.07, 6.45) is 2.46. The van der Waals surface area contributed by atoms with E-state index in [0.717, 1.165) is 25.4 Å². The Bertz CT molecular complexity index is 346. The van der Waals surface area contributed by atoms with Crippen molar-refractivity contribution in [2.75, 3.05) is 38.7 Å². The van der Waals surface area contributed by atoms with E-state index in [1.165, 1.54) is 18.5 Å². The second-order valence-electron chi connectivity index (χ2n) is 4.90. The van der Waals surface area contributed by atoms with Gasteiger partial charge in [0.25, 0.3) is 0 Å². The molecule has 0 unspecified atom stereocenters. The maximum Gasteiger partial charge on any atom is 0.121 e. The average molecular weight is 234 g/mol. The topological polar surface area (TPSA) is 24.5 Å². The van der Waals surface area contributed by atoms with E-state index in [9.17, 15) is 0 Å². The van der Waals surface area contributed by atoms with Gasteiger partial charge >= 0.3 is 0 Å². The number of anilines is 1. The first-order chi connectivity index (χ1) is 8.25. The van der Waals surface area contributed by atoms with Gasteiger partial charge in [0.15, 0.2) is 0 Å². The second-order valence-corrected chi connectivity index (χ2v) is 4.90.